The van der Waals surface area contributed by atoms with Gasteiger partial charge < -0.3 is 0 Å². The molecule has 0 aliphatic rings. The first-order valence-electron chi connectivity index (χ1n) is 18.8. The van der Waals surface area contributed by atoms with Crippen LogP contribution in [0.4, 0.5) is 0 Å². The first-order chi connectivity index (χ1) is 27.7. The molecule has 0 amide bonds. The molecule has 10 aromatic rings. The van der Waals surface area contributed by atoms with Gasteiger partial charge in [0.25, 0.3) is 0 Å². The maximum absolute atomic E-state index is 4.91. The van der Waals surface area contributed by atoms with Crippen molar-refractivity contribution in [2.24, 2.45) is 0 Å². The van der Waals surface area contributed by atoms with Gasteiger partial charge in [-0.3, -0.25) is 19.1 Å². The molecule has 6 heteroatoms. The molecule has 0 saturated heterocycles. The first-order valence-corrected chi connectivity index (χ1v) is 18.8. The lowest BCUT2D eigenvalue weighted by Crippen LogP contribution is -2.01. The summed E-state index contributed by atoms with van der Waals surface area (Å²) >= 11 is 0. The van der Waals surface area contributed by atoms with Crippen LogP contribution in [0.3, 0.4) is 0 Å². The second-order valence-corrected chi connectivity index (χ2v) is 13.9. The number of nitrogens with zero attached hydrogens (tertiary/aromatic N) is 6. The fraction of sp³-hybridized carbons (Fsp3) is 0.0400. The van der Waals surface area contributed by atoms with E-state index in [1.807, 2.05) is 36.9 Å². The number of rotatable bonds is 7. The van der Waals surface area contributed by atoms with Gasteiger partial charge in [-0.1, -0.05) is 109 Å². The molecule has 0 unspecified atom stereocenters. The molecule has 4 heterocycles. The van der Waals surface area contributed by atoms with Crippen molar-refractivity contribution >= 4 is 22.1 Å². The van der Waals surface area contributed by atoms with Crippen molar-refractivity contribution in [1.29, 1.82) is 0 Å². The average molecular weight is 721 g/mol. The van der Waals surface area contributed by atoms with Crippen LogP contribution in [0.25, 0.3) is 89.1 Å². The third-order valence-electron chi connectivity index (χ3n) is 10.7. The maximum Gasteiger partial charge on any atom is 0.111 e. The van der Waals surface area contributed by atoms with Gasteiger partial charge in [-0.2, -0.15) is 0 Å². The minimum Gasteiger partial charge on any atom is -0.296 e. The Morgan fingerprint density at radius 2 is 0.643 bits per heavy atom. The maximum atomic E-state index is 4.91. The van der Waals surface area contributed by atoms with Gasteiger partial charge in [0.05, 0.1) is 33.4 Å². The van der Waals surface area contributed by atoms with Gasteiger partial charge in [0, 0.05) is 47.0 Å². The van der Waals surface area contributed by atoms with E-state index in [9.17, 15) is 0 Å². The topological polar surface area (TPSA) is 61.4 Å². The summed E-state index contributed by atoms with van der Waals surface area (Å²) in [7, 11) is 0. The number of aromatic nitrogens is 6. The molecule has 6 aromatic carbocycles. The summed E-state index contributed by atoms with van der Waals surface area (Å²) in [6, 6.07) is 55.3. The van der Waals surface area contributed by atoms with Crippen LogP contribution in [0.1, 0.15) is 11.6 Å². The molecule has 56 heavy (non-hydrogen) atoms. The summed E-state index contributed by atoms with van der Waals surface area (Å²) in [5.74, 6) is 1.88. The summed E-state index contributed by atoms with van der Waals surface area (Å²) < 4.78 is 4.52. The summed E-state index contributed by atoms with van der Waals surface area (Å²) in [5, 5.41) is 0. The molecule has 0 fully saturated rings. The Bertz CT molecular complexity index is 2870. The highest BCUT2D eigenvalue weighted by molar-refractivity contribution is 5.99. The Kier molecular flexibility index (Phi) is 8.15. The standard InChI is InChI=1S/C50H36N6/c1-33-53-45-21-9-13-25-49(45)55(33)47-23-11-7-19-41(47)35-15-3-5-17-37(35)43-31-51-29-27-39(43)40-28-30-52-32-44(40)38-18-6-4-16-36(38)42-20-8-12-24-48(42)56-34(2)54-46-22-10-14-26-50(46)56/h3-32H,1-2H3. The van der Waals surface area contributed by atoms with Crippen LogP contribution in [0, 0.1) is 13.8 Å². The zero-order valence-electron chi connectivity index (χ0n) is 31.0. The van der Waals surface area contributed by atoms with Crippen LogP contribution >= 0.6 is 0 Å². The lowest BCUT2D eigenvalue weighted by Gasteiger charge is -2.20. The molecular formula is C50H36N6. The Labute approximate surface area is 325 Å². The van der Waals surface area contributed by atoms with Crippen LogP contribution in [0.2, 0.25) is 0 Å². The fourth-order valence-corrected chi connectivity index (χ4v) is 8.29. The van der Waals surface area contributed by atoms with Crippen LogP contribution in [-0.2, 0) is 0 Å². The smallest absolute Gasteiger partial charge is 0.111 e. The van der Waals surface area contributed by atoms with E-state index in [0.29, 0.717) is 0 Å². The molecule has 4 aromatic heterocycles. The van der Waals surface area contributed by atoms with Gasteiger partial charge in [-0.25, -0.2) is 9.97 Å². The molecule has 0 saturated carbocycles. The van der Waals surface area contributed by atoms with E-state index < -0.39 is 0 Å². The highest BCUT2D eigenvalue weighted by Crippen LogP contribution is 2.45. The molecular weight excluding hydrogens is 685 g/mol. The van der Waals surface area contributed by atoms with Crippen molar-refractivity contribution in [2.45, 2.75) is 13.8 Å². The monoisotopic (exact) mass is 720 g/mol. The van der Waals surface area contributed by atoms with Gasteiger partial charge in [-0.15, -0.1) is 0 Å². The molecule has 0 radical (unpaired) electrons. The number of hydrogen-bond acceptors (Lipinski definition) is 4. The summed E-state index contributed by atoms with van der Waals surface area (Å²) in [4.78, 5) is 19.2. The minimum atomic E-state index is 0.941. The van der Waals surface area contributed by atoms with Crippen molar-refractivity contribution < 1.29 is 0 Å². The van der Waals surface area contributed by atoms with Crippen LogP contribution in [-0.4, -0.2) is 29.1 Å². The van der Waals surface area contributed by atoms with E-state index in [-0.39, 0.29) is 0 Å². The fourth-order valence-electron chi connectivity index (χ4n) is 8.29. The highest BCUT2D eigenvalue weighted by atomic mass is 15.1. The van der Waals surface area contributed by atoms with E-state index in [2.05, 4.69) is 169 Å². The molecule has 266 valence electrons. The Morgan fingerprint density at radius 3 is 1.07 bits per heavy atom. The van der Waals surface area contributed by atoms with Gasteiger partial charge in [0.2, 0.25) is 0 Å². The van der Waals surface area contributed by atoms with Crippen molar-refractivity contribution in [3.05, 3.63) is 194 Å². The molecule has 0 aliphatic heterocycles. The quantitative estimate of drug-likeness (QED) is 0.164. The lowest BCUT2D eigenvalue weighted by molar-refractivity contribution is 1.00. The number of aryl methyl sites for hydroxylation is 2. The number of para-hydroxylation sites is 6. The number of imidazole rings is 2. The number of benzene rings is 6. The molecule has 0 bridgehead atoms. The molecule has 6 nitrogen and oxygen atoms in total. The van der Waals surface area contributed by atoms with Crippen molar-refractivity contribution in [3.63, 3.8) is 0 Å². The van der Waals surface area contributed by atoms with Crippen LogP contribution in [0.5, 0.6) is 0 Å². The Balaban J connectivity index is 1.14. The van der Waals surface area contributed by atoms with E-state index >= 15 is 0 Å². The lowest BCUT2D eigenvalue weighted by atomic mass is 9.86. The largest absolute Gasteiger partial charge is 0.296 e. The number of pyridine rings is 2. The summed E-state index contributed by atoms with van der Waals surface area (Å²) in [6.07, 6.45) is 7.75. The summed E-state index contributed by atoms with van der Waals surface area (Å²) in [6.45, 7) is 4.14. The van der Waals surface area contributed by atoms with Gasteiger partial charge in [0.1, 0.15) is 11.6 Å². The van der Waals surface area contributed by atoms with Gasteiger partial charge >= 0.3 is 0 Å². The van der Waals surface area contributed by atoms with E-state index in [1.165, 1.54) is 0 Å². The normalized spacial score (nSPS) is 11.4. The minimum absolute atomic E-state index is 0.941. The Hall–Kier alpha value is -7.44. The molecule has 0 atom stereocenters. The third-order valence-corrected chi connectivity index (χ3v) is 10.7. The predicted octanol–water partition coefficient (Wildman–Crippen LogP) is 12.1. The van der Waals surface area contributed by atoms with E-state index in [1.54, 1.807) is 0 Å². The predicted molar refractivity (Wildman–Crippen MR) is 228 cm³/mol. The van der Waals surface area contributed by atoms with Crippen molar-refractivity contribution in [3.8, 4) is 67.0 Å². The molecule has 0 N–H and O–H groups in total. The van der Waals surface area contributed by atoms with Crippen molar-refractivity contribution in [1.82, 2.24) is 29.1 Å². The SMILES string of the molecule is Cc1nc2ccccc2n1-c1ccccc1-c1ccccc1-c1cnccc1-c1ccncc1-c1ccccc1-c1ccccc1-n1c(C)nc2ccccc21. The third kappa shape index (κ3) is 5.50. The highest BCUT2D eigenvalue weighted by Gasteiger charge is 2.21. The van der Waals surface area contributed by atoms with Gasteiger partial charge in [0.15, 0.2) is 0 Å². The molecule has 0 aliphatic carbocycles. The van der Waals surface area contributed by atoms with Crippen LogP contribution < -0.4 is 0 Å². The van der Waals surface area contributed by atoms with Crippen molar-refractivity contribution in [2.75, 3.05) is 0 Å². The molecule has 0 spiro atoms. The average Bonchev–Trinajstić information content (AvgIpc) is 3.78. The van der Waals surface area contributed by atoms with E-state index in [4.69, 9.17) is 19.9 Å². The molecule has 10 rings (SSSR count). The van der Waals surface area contributed by atoms with Crippen LogP contribution in [0.15, 0.2) is 183 Å². The first kappa shape index (κ1) is 33.2. The second kappa shape index (κ2) is 13.8. The number of fused-ring (bicyclic) bond motifs is 2. The second-order valence-electron chi connectivity index (χ2n) is 13.9. The Morgan fingerprint density at radius 1 is 0.321 bits per heavy atom. The zero-order valence-corrected chi connectivity index (χ0v) is 31.0. The zero-order chi connectivity index (χ0) is 37.6. The van der Waals surface area contributed by atoms with Gasteiger partial charge in [-0.05, 0) is 95.8 Å². The van der Waals surface area contributed by atoms with E-state index in [0.717, 1.165) is 101 Å². The summed E-state index contributed by atoms with van der Waals surface area (Å²) in [5.41, 5.74) is 17.1. The number of hydrogen-bond donors (Lipinski definition) is 0.